The van der Waals surface area contributed by atoms with Crippen LogP contribution in [0.3, 0.4) is 0 Å². The van der Waals surface area contributed by atoms with Crippen LogP contribution in [0.1, 0.15) is 94.8 Å². The first-order valence-electron chi connectivity index (χ1n) is 14.0. The van der Waals surface area contributed by atoms with Crippen molar-refractivity contribution in [3.05, 3.63) is 47.3 Å². The second-order valence-electron chi connectivity index (χ2n) is 11.0. The largest absolute Gasteiger partial charge is 0.504 e. The van der Waals surface area contributed by atoms with Gasteiger partial charge in [-0.3, -0.25) is 4.79 Å². The van der Waals surface area contributed by atoms with Crippen LogP contribution in [0.15, 0.2) is 24.3 Å². The normalized spacial score (nSPS) is 24.1. The number of Topliss-reactive ketones (excluding diaryl/α,β-unsaturated/α-hetero) is 1. The molecule has 37 heavy (non-hydrogen) atoms. The minimum atomic E-state index is -1.24. The van der Waals surface area contributed by atoms with E-state index in [9.17, 15) is 23.1 Å². The third-order valence-electron chi connectivity index (χ3n) is 8.70. The highest BCUT2D eigenvalue weighted by molar-refractivity contribution is 5.99. The molecule has 0 amide bonds. The van der Waals surface area contributed by atoms with Crippen molar-refractivity contribution >= 4 is 5.78 Å². The van der Waals surface area contributed by atoms with E-state index in [-0.39, 0.29) is 28.9 Å². The molecular weight excluding hydrogens is 477 g/mol. The predicted octanol–water partition coefficient (Wildman–Crippen LogP) is 8.86. The molecule has 2 aliphatic rings. The van der Waals surface area contributed by atoms with Crippen molar-refractivity contribution in [1.29, 1.82) is 0 Å². The average Bonchev–Trinajstić information content (AvgIpc) is 2.92. The Bertz CT molecular complexity index is 1080. The number of carbonyl (C=O) groups is 1. The maximum atomic E-state index is 14.9. The monoisotopic (exact) mass is 516 g/mol. The van der Waals surface area contributed by atoms with Gasteiger partial charge >= 0.3 is 0 Å². The molecule has 0 spiro atoms. The Morgan fingerprint density at radius 1 is 0.811 bits per heavy atom. The maximum absolute atomic E-state index is 14.9. The van der Waals surface area contributed by atoms with Gasteiger partial charge in [-0.05, 0) is 80.4 Å². The van der Waals surface area contributed by atoms with Crippen molar-refractivity contribution < 1.29 is 27.8 Å². The molecule has 0 saturated heterocycles. The van der Waals surface area contributed by atoms with Gasteiger partial charge in [0, 0.05) is 17.5 Å². The zero-order valence-electron chi connectivity index (χ0n) is 22.0. The van der Waals surface area contributed by atoms with Crippen molar-refractivity contribution in [3.63, 3.8) is 0 Å². The van der Waals surface area contributed by atoms with Crippen LogP contribution in [0.4, 0.5) is 13.2 Å². The van der Waals surface area contributed by atoms with E-state index in [1.54, 1.807) is 6.92 Å². The van der Waals surface area contributed by atoms with Gasteiger partial charge in [0.25, 0.3) is 0 Å². The zero-order chi connectivity index (χ0) is 26.5. The van der Waals surface area contributed by atoms with Crippen LogP contribution in [0, 0.1) is 41.1 Å². The lowest BCUT2D eigenvalue weighted by Crippen LogP contribution is -2.27. The van der Waals surface area contributed by atoms with Crippen LogP contribution < -0.4 is 4.74 Å². The Balaban J connectivity index is 1.34. The van der Waals surface area contributed by atoms with Crippen LogP contribution in [0.5, 0.6) is 11.5 Å². The van der Waals surface area contributed by atoms with E-state index in [1.165, 1.54) is 75.6 Å². The third-order valence-corrected chi connectivity index (χ3v) is 8.70. The smallest absolute Gasteiger partial charge is 0.201 e. The SMILES string of the molecule is CCCC1CCC(C2CCC(COc3ccc(-c4ccc(C(=O)CC)c(O)c4F)c(F)c3F)CC2)CC1. The van der Waals surface area contributed by atoms with Crippen molar-refractivity contribution in [2.24, 2.45) is 23.7 Å². The average molecular weight is 517 g/mol. The molecule has 2 aromatic rings. The lowest BCUT2D eigenvalue weighted by atomic mass is 9.69. The maximum Gasteiger partial charge on any atom is 0.201 e. The molecule has 0 aromatic heterocycles. The van der Waals surface area contributed by atoms with Crippen LogP contribution in [0.2, 0.25) is 0 Å². The molecule has 202 valence electrons. The fourth-order valence-electron chi connectivity index (χ4n) is 6.43. The molecule has 4 rings (SSSR count). The lowest BCUT2D eigenvalue weighted by Gasteiger charge is -2.37. The van der Waals surface area contributed by atoms with Gasteiger partial charge in [0.05, 0.1) is 12.2 Å². The Labute approximate surface area is 218 Å². The summed E-state index contributed by atoms with van der Waals surface area (Å²) >= 11 is 0. The molecule has 3 nitrogen and oxygen atoms in total. The number of halogens is 3. The summed E-state index contributed by atoms with van der Waals surface area (Å²) in [6.07, 6.45) is 12.6. The number of hydrogen-bond donors (Lipinski definition) is 1. The molecule has 6 heteroatoms. The van der Waals surface area contributed by atoms with Gasteiger partial charge in [0.15, 0.2) is 28.9 Å². The Kier molecular flexibility index (Phi) is 9.20. The number of hydrogen-bond acceptors (Lipinski definition) is 3. The molecular formula is C31H39F3O3. The summed E-state index contributed by atoms with van der Waals surface area (Å²) in [6, 6.07) is 4.97. The number of ether oxygens (including phenoxy) is 1. The highest BCUT2D eigenvalue weighted by Crippen LogP contribution is 2.42. The van der Waals surface area contributed by atoms with Crippen LogP contribution in [-0.2, 0) is 0 Å². The van der Waals surface area contributed by atoms with Crippen molar-refractivity contribution in [2.75, 3.05) is 6.61 Å². The van der Waals surface area contributed by atoms with E-state index in [0.717, 1.165) is 30.6 Å². The second-order valence-corrected chi connectivity index (χ2v) is 11.0. The first-order valence-corrected chi connectivity index (χ1v) is 14.0. The van der Waals surface area contributed by atoms with Crippen LogP contribution in [-0.4, -0.2) is 17.5 Å². The second kappa shape index (κ2) is 12.4. The van der Waals surface area contributed by atoms with Gasteiger partial charge in [-0.2, -0.15) is 4.39 Å². The van der Waals surface area contributed by atoms with Gasteiger partial charge < -0.3 is 9.84 Å². The summed E-state index contributed by atoms with van der Waals surface area (Å²) in [4.78, 5) is 11.9. The molecule has 0 atom stereocenters. The van der Waals surface area contributed by atoms with Crippen molar-refractivity contribution in [2.45, 2.75) is 84.5 Å². The molecule has 0 heterocycles. The van der Waals surface area contributed by atoms with Crippen molar-refractivity contribution in [1.82, 2.24) is 0 Å². The van der Waals surface area contributed by atoms with Crippen LogP contribution in [0.25, 0.3) is 11.1 Å². The fraction of sp³-hybridized carbons (Fsp3) is 0.581. The molecule has 0 bridgehead atoms. The van der Waals surface area contributed by atoms with E-state index in [0.29, 0.717) is 12.5 Å². The first-order chi connectivity index (χ1) is 17.8. The summed E-state index contributed by atoms with van der Waals surface area (Å²) in [6.45, 7) is 4.19. The molecule has 0 radical (unpaired) electrons. The number of aromatic hydroxyl groups is 1. The van der Waals surface area contributed by atoms with Crippen molar-refractivity contribution in [3.8, 4) is 22.6 Å². The van der Waals surface area contributed by atoms with Gasteiger partial charge in [0.1, 0.15) is 0 Å². The Morgan fingerprint density at radius 2 is 1.38 bits per heavy atom. The topological polar surface area (TPSA) is 46.5 Å². The first kappa shape index (κ1) is 27.5. The van der Waals surface area contributed by atoms with Gasteiger partial charge in [-0.1, -0.05) is 45.6 Å². The summed E-state index contributed by atoms with van der Waals surface area (Å²) in [5.74, 6) is -2.22. The van der Waals surface area contributed by atoms with Crippen LogP contribution >= 0.6 is 0 Å². The summed E-state index contributed by atoms with van der Waals surface area (Å²) in [7, 11) is 0. The number of ketones is 1. The van der Waals surface area contributed by atoms with E-state index in [2.05, 4.69) is 6.92 Å². The minimum Gasteiger partial charge on any atom is -0.504 e. The third kappa shape index (κ3) is 6.15. The number of benzene rings is 2. The molecule has 1 N–H and O–H groups in total. The van der Waals surface area contributed by atoms with Gasteiger partial charge in [-0.25, -0.2) is 8.78 Å². The number of rotatable bonds is 9. The minimum absolute atomic E-state index is 0.0864. The predicted molar refractivity (Wildman–Crippen MR) is 139 cm³/mol. The van der Waals surface area contributed by atoms with Gasteiger partial charge in [-0.15, -0.1) is 0 Å². The number of carbonyl (C=O) groups excluding carboxylic acids is 1. The molecule has 0 unspecified atom stereocenters. The highest BCUT2D eigenvalue weighted by Gasteiger charge is 2.31. The summed E-state index contributed by atoms with van der Waals surface area (Å²) in [5.41, 5.74) is -0.819. The quantitative estimate of drug-likeness (QED) is 0.339. The summed E-state index contributed by atoms with van der Waals surface area (Å²) in [5, 5.41) is 10.1. The molecule has 2 saturated carbocycles. The molecule has 2 fully saturated rings. The number of phenolic OH excluding ortho intramolecular Hbond substituents is 1. The van der Waals surface area contributed by atoms with E-state index in [4.69, 9.17) is 4.74 Å². The molecule has 0 aliphatic heterocycles. The Hall–Kier alpha value is -2.50. The van der Waals surface area contributed by atoms with E-state index in [1.807, 2.05) is 0 Å². The number of phenols is 1. The summed E-state index contributed by atoms with van der Waals surface area (Å²) < 4.78 is 50.2. The molecule has 2 aliphatic carbocycles. The zero-order valence-corrected chi connectivity index (χ0v) is 22.0. The van der Waals surface area contributed by atoms with E-state index < -0.39 is 29.0 Å². The Morgan fingerprint density at radius 3 is 1.97 bits per heavy atom. The molecule has 2 aromatic carbocycles. The lowest BCUT2D eigenvalue weighted by molar-refractivity contribution is 0.0985. The van der Waals surface area contributed by atoms with Gasteiger partial charge in [0.2, 0.25) is 5.82 Å². The van der Waals surface area contributed by atoms with E-state index >= 15 is 0 Å². The highest BCUT2D eigenvalue weighted by atomic mass is 19.2. The standard InChI is InChI=1S/C31H39F3O3/c1-3-5-19-6-10-21(11-7-19)22-12-8-20(9-13-22)18-37-27-17-16-23(28(32)30(27)34)24-14-15-25(26(35)4-2)31(36)29(24)33/h14-17,19-22,36H,3-13,18H2,1-2H3. The fourth-order valence-corrected chi connectivity index (χ4v) is 6.43.